The lowest BCUT2D eigenvalue weighted by molar-refractivity contribution is 0.0225. The fourth-order valence-corrected chi connectivity index (χ4v) is 1.84. The van der Waals surface area contributed by atoms with Crippen LogP contribution in [-0.4, -0.2) is 17.8 Å². The Morgan fingerprint density at radius 3 is 1.71 bits per heavy atom. The van der Waals surface area contributed by atoms with E-state index in [1.54, 1.807) is 0 Å². The zero-order chi connectivity index (χ0) is 11.6. The van der Waals surface area contributed by atoms with Gasteiger partial charge in [-0.05, 0) is 23.2 Å². The van der Waals surface area contributed by atoms with E-state index in [1.807, 2.05) is 0 Å². The molecular formula is C12H27NO. The molecule has 0 aliphatic carbocycles. The van der Waals surface area contributed by atoms with E-state index in [0.717, 1.165) is 6.42 Å². The van der Waals surface area contributed by atoms with Crippen molar-refractivity contribution in [3.05, 3.63) is 0 Å². The van der Waals surface area contributed by atoms with Gasteiger partial charge in [-0.25, -0.2) is 0 Å². The second-order valence-corrected chi connectivity index (χ2v) is 6.54. The number of nitrogens with two attached hydrogens (primary N) is 1. The van der Waals surface area contributed by atoms with Crippen molar-refractivity contribution < 1.29 is 5.11 Å². The zero-order valence-electron chi connectivity index (χ0n) is 10.6. The molecule has 0 bridgehead atoms. The van der Waals surface area contributed by atoms with Crippen molar-refractivity contribution in [2.45, 2.75) is 54.1 Å². The van der Waals surface area contributed by atoms with Crippen LogP contribution in [0.15, 0.2) is 0 Å². The molecule has 2 heteroatoms. The number of aliphatic hydroxyl groups excluding tert-OH is 1. The third-order valence-corrected chi connectivity index (χ3v) is 2.65. The molecule has 86 valence electrons. The lowest BCUT2D eigenvalue weighted by Gasteiger charge is -2.38. The van der Waals surface area contributed by atoms with E-state index in [2.05, 4.69) is 41.5 Å². The van der Waals surface area contributed by atoms with E-state index in [-0.39, 0.29) is 22.9 Å². The molecule has 2 nitrogen and oxygen atoms in total. The Kier molecular flexibility index (Phi) is 4.60. The molecule has 14 heavy (non-hydrogen) atoms. The van der Waals surface area contributed by atoms with Gasteiger partial charge in [0.2, 0.25) is 0 Å². The summed E-state index contributed by atoms with van der Waals surface area (Å²) in [7, 11) is 0. The first-order valence-corrected chi connectivity index (χ1v) is 5.46. The second kappa shape index (κ2) is 4.63. The third-order valence-electron chi connectivity index (χ3n) is 2.65. The number of hydrogen-bond donors (Lipinski definition) is 2. The summed E-state index contributed by atoms with van der Waals surface area (Å²) in [6, 6.07) is 0. The Bertz CT molecular complexity index is 164. The minimum absolute atomic E-state index is 0.117. The average molecular weight is 201 g/mol. The van der Waals surface area contributed by atoms with Gasteiger partial charge in [0.05, 0.1) is 6.10 Å². The van der Waals surface area contributed by atoms with Crippen molar-refractivity contribution in [3.63, 3.8) is 0 Å². The van der Waals surface area contributed by atoms with E-state index in [9.17, 15) is 5.11 Å². The standard InChI is InChI=1S/C12H27NO/c1-11(2,3)7-9(10(14)8-13)12(4,5)6/h9-10,14H,7-8,13H2,1-6H3/t9?,10-/m1/s1. The van der Waals surface area contributed by atoms with Crippen molar-refractivity contribution in [3.8, 4) is 0 Å². The predicted molar refractivity (Wildman–Crippen MR) is 62.1 cm³/mol. The monoisotopic (exact) mass is 201 g/mol. The highest BCUT2D eigenvalue weighted by atomic mass is 16.3. The fraction of sp³-hybridized carbons (Fsp3) is 1.00. The van der Waals surface area contributed by atoms with Gasteiger partial charge in [0, 0.05) is 6.54 Å². The van der Waals surface area contributed by atoms with E-state index in [0.29, 0.717) is 6.54 Å². The minimum Gasteiger partial charge on any atom is -0.392 e. The molecule has 0 aromatic carbocycles. The molecule has 0 rings (SSSR count). The average Bonchev–Trinajstić information content (AvgIpc) is 1.95. The lowest BCUT2D eigenvalue weighted by atomic mass is 9.69. The molecule has 1 unspecified atom stereocenters. The molecular weight excluding hydrogens is 174 g/mol. The van der Waals surface area contributed by atoms with Gasteiger partial charge in [-0.15, -0.1) is 0 Å². The molecule has 0 amide bonds. The Morgan fingerprint density at radius 2 is 1.50 bits per heavy atom. The maximum Gasteiger partial charge on any atom is 0.0695 e. The van der Waals surface area contributed by atoms with Crippen molar-refractivity contribution in [2.75, 3.05) is 6.54 Å². The molecule has 0 heterocycles. The molecule has 0 fully saturated rings. The van der Waals surface area contributed by atoms with Crippen LogP contribution in [-0.2, 0) is 0 Å². The van der Waals surface area contributed by atoms with E-state index < -0.39 is 0 Å². The van der Waals surface area contributed by atoms with E-state index in [1.165, 1.54) is 0 Å². The Balaban J connectivity index is 4.58. The van der Waals surface area contributed by atoms with Crippen LogP contribution in [0, 0.1) is 16.7 Å². The van der Waals surface area contributed by atoms with Gasteiger partial charge in [0.15, 0.2) is 0 Å². The SMILES string of the molecule is CC(C)(C)CC([C@H](O)CN)C(C)(C)C. The summed E-state index contributed by atoms with van der Waals surface area (Å²) in [4.78, 5) is 0. The van der Waals surface area contributed by atoms with Crippen molar-refractivity contribution in [1.82, 2.24) is 0 Å². The smallest absolute Gasteiger partial charge is 0.0695 e. The summed E-state index contributed by atoms with van der Waals surface area (Å²) < 4.78 is 0. The normalized spacial score (nSPS) is 18.0. The van der Waals surface area contributed by atoms with Crippen molar-refractivity contribution in [1.29, 1.82) is 0 Å². The van der Waals surface area contributed by atoms with Gasteiger partial charge in [-0.1, -0.05) is 41.5 Å². The second-order valence-electron chi connectivity index (χ2n) is 6.54. The summed E-state index contributed by atoms with van der Waals surface area (Å²) in [6.07, 6.45) is 0.628. The molecule has 0 spiro atoms. The number of rotatable bonds is 3. The van der Waals surface area contributed by atoms with E-state index >= 15 is 0 Å². The summed E-state index contributed by atoms with van der Waals surface area (Å²) in [5.74, 6) is 0.271. The highest BCUT2D eigenvalue weighted by molar-refractivity contribution is 4.84. The van der Waals surface area contributed by atoms with Crippen LogP contribution in [0.3, 0.4) is 0 Å². The molecule has 0 saturated heterocycles. The predicted octanol–water partition coefficient (Wildman–Crippen LogP) is 2.40. The quantitative estimate of drug-likeness (QED) is 0.736. The maximum absolute atomic E-state index is 9.89. The largest absolute Gasteiger partial charge is 0.392 e. The van der Waals surface area contributed by atoms with Gasteiger partial charge in [0.25, 0.3) is 0 Å². The molecule has 0 aliphatic heterocycles. The fourth-order valence-electron chi connectivity index (χ4n) is 1.84. The Labute approximate surface area is 88.9 Å². The molecule has 0 aliphatic rings. The number of aliphatic hydroxyl groups is 1. The van der Waals surface area contributed by atoms with Crippen LogP contribution < -0.4 is 5.73 Å². The van der Waals surface area contributed by atoms with Crippen LogP contribution in [0.1, 0.15) is 48.0 Å². The van der Waals surface area contributed by atoms with Gasteiger partial charge in [-0.3, -0.25) is 0 Å². The Hall–Kier alpha value is -0.0800. The van der Waals surface area contributed by atoms with Gasteiger partial charge in [-0.2, -0.15) is 0 Å². The van der Waals surface area contributed by atoms with Gasteiger partial charge >= 0.3 is 0 Å². The molecule has 0 aromatic heterocycles. The molecule has 3 N–H and O–H groups in total. The summed E-state index contributed by atoms with van der Waals surface area (Å²) in [6.45, 7) is 13.5. The lowest BCUT2D eigenvalue weighted by Crippen LogP contribution is -2.39. The molecule has 2 atom stereocenters. The molecule has 0 saturated carbocycles. The highest BCUT2D eigenvalue weighted by Crippen LogP contribution is 2.37. The third kappa shape index (κ3) is 4.97. The summed E-state index contributed by atoms with van der Waals surface area (Å²) >= 11 is 0. The van der Waals surface area contributed by atoms with Crippen LogP contribution in [0.2, 0.25) is 0 Å². The minimum atomic E-state index is -0.380. The van der Waals surface area contributed by atoms with Crippen molar-refractivity contribution in [2.24, 2.45) is 22.5 Å². The first-order valence-electron chi connectivity index (χ1n) is 5.46. The van der Waals surface area contributed by atoms with Gasteiger partial charge in [0.1, 0.15) is 0 Å². The zero-order valence-corrected chi connectivity index (χ0v) is 10.6. The Morgan fingerprint density at radius 1 is 1.07 bits per heavy atom. The highest BCUT2D eigenvalue weighted by Gasteiger charge is 2.33. The van der Waals surface area contributed by atoms with Gasteiger partial charge < -0.3 is 10.8 Å². The summed E-state index contributed by atoms with van der Waals surface area (Å²) in [5, 5.41) is 9.89. The van der Waals surface area contributed by atoms with Crippen LogP contribution >= 0.6 is 0 Å². The van der Waals surface area contributed by atoms with Crippen LogP contribution in [0.5, 0.6) is 0 Å². The molecule has 0 radical (unpaired) electrons. The molecule has 0 aromatic rings. The topological polar surface area (TPSA) is 46.2 Å². The van der Waals surface area contributed by atoms with Crippen molar-refractivity contribution >= 4 is 0 Å². The first-order chi connectivity index (χ1) is 6.08. The maximum atomic E-state index is 9.89. The summed E-state index contributed by atoms with van der Waals surface area (Å²) in [5.41, 5.74) is 5.90. The van der Waals surface area contributed by atoms with Crippen LogP contribution in [0.25, 0.3) is 0 Å². The number of hydrogen-bond acceptors (Lipinski definition) is 2. The van der Waals surface area contributed by atoms with Crippen LogP contribution in [0.4, 0.5) is 0 Å². The van der Waals surface area contributed by atoms with E-state index in [4.69, 9.17) is 5.73 Å². The first kappa shape index (κ1) is 13.9.